The molecule has 4 nitrogen and oxygen atoms in total. The van der Waals surface area contributed by atoms with Crippen LogP contribution in [0.2, 0.25) is 0 Å². The largest absolute Gasteiger partial charge is 0.496 e. The minimum absolute atomic E-state index is 0.0335. The normalized spacial score (nSPS) is 22.8. The van der Waals surface area contributed by atoms with E-state index in [2.05, 4.69) is 17.6 Å². The molecule has 1 amide bonds. The molecule has 2 N–H and O–H groups in total. The van der Waals surface area contributed by atoms with E-state index in [4.69, 9.17) is 4.74 Å². The highest BCUT2D eigenvalue weighted by Crippen LogP contribution is 2.19. The molecular formula is C14H20N2O2. The molecule has 1 aliphatic heterocycles. The van der Waals surface area contributed by atoms with Gasteiger partial charge in [0, 0.05) is 18.2 Å². The molecule has 0 aliphatic carbocycles. The Balaban J connectivity index is 2.09. The average Bonchev–Trinajstić information content (AvgIpc) is 2.75. The summed E-state index contributed by atoms with van der Waals surface area (Å²) in [5.41, 5.74) is 1.68. The third-order valence-corrected chi connectivity index (χ3v) is 3.50. The zero-order valence-electron chi connectivity index (χ0n) is 11.1. The average molecular weight is 248 g/mol. The monoisotopic (exact) mass is 248 g/mol. The molecule has 4 heteroatoms. The second kappa shape index (κ2) is 5.40. The quantitative estimate of drug-likeness (QED) is 0.848. The highest BCUT2D eigenvalue weighted by atomic mass is 16.5. The molecule has 1 aromatic rings. The Bertz CT molecular complexity index is 445. The maximum absolute atomic E-state index is 12.1. The van der Waals surface area contributed by atoms with Gasteiger partial charge in [0.25, 0.3) is 5.91 Å². The molecule has 1 saturated heterocycles. The van der Waals surface area contributed by atoms with Crippen molar-refractivity contribution in [2.45, 2.75) is 19.9 Å². The summed E-state index contributed by atoms with van der Waals surface area (Å²) in [6.07, 6.45) is 0. The van der Waals surface area contributed by atoms with Gasteiger partial charge in [-0.1, -0.05) is 13.0 Å². The van der Waals surface area contributed by atoms with Crippen LogP contribution in [0.3, 0.4) is 0 Å². The van der Waals surface area contributed by atoms with Crippen molar-refractivity contribution in [3.8, 4) is 5.75 Å². The first-order chi connectivity index (χ1) is 8.61. The fourth-order valence-corrected chi connectivity index (χ4v) is 2.22. The van der Waals surface area contributed by atoms with Crippen LogP contribution in [0.15, 0.2) is 18.2 Å². The van der Waals surface area contributed by atoms with Crippen LogP contribution in [0.25, 0.3) is 0 Å². The molecule has 0 aromatic heterocycles. The van der Waals surface area contributed by atoms with Crippen molar-refractivity contribution >= 4 is 5.91 Å². The van der Waals surface area contributed by atoms with Crippen LogP contribution >= 0.6 is 0 Å². The van der Waals surface area contributed by atoms with E-state index in [0.29, 0.717) is 11.5 Å². The minimum Gasteiger partial charge on any atom is -0.496 e. The van der Waals surface area contributed by atoms with Crippen LogP contribution in [0.1, 0.15) is 22.8 Å². The summed E-state index contributed by atoms with van der Waals surface area (Å²) in [5, 5.41) is 6.33. The number of carbonyl (C=O) groups is 1. The minimum atomic E-state index is -0.0335. The standard InChI is InChI=1S/C14H20N2O2/c1-9-4-5-11(6-13(9)18-3)14(17)16-12-8-15-7-10(12)2/h4-6,10,12,15H,7-8H2,1-3H3,(H,16,17). The lowest BCUT2D eigenvalue weighted by atomic mass is 10.1. The number of benzene rings is 1. The van der Waals surface area contributed by atoms with Crippen molar-refractivity contribution in [3.05, 3.63) is 29.3 Å². The zero-order chi connectivity index (χ0) is 13.1. The number of carbonyl (C=O) groups excluding carboxylic acids is 1. The van der Waals surface area contributed by atoms with E-state index >= 15 is 0 Å². The van der Waals surface area contributed by atoms with Gasteiger partial charge in [-0.15, -0.1) is 0 Å². The summed E-state index contributed by atoms with van der Waals surface area (Å²) in [6, 6.07) is 5.74. The van der Waals surface area contributed by atoms with Crippen LogP contribution in [-0.2, 0) is 0 Å². The summed E-state index contributed by atoms with van der Waals surface area (Å²) >= 11 is 0. The molecule has 2 atom stereocenters. The van der Waals surface area contributed by atoms with Gasteiger partial charge >= 0.3 is 0 Å². The maximum atomic E-state index is 12.1. The van der Waals surface area contributed by atoms with Crippen molar-refractivity contribution < 1.29 is 9.53 Å². The van der Waals surface area contributed by atoms with Crippen LogP contribution < -0.4 is 15.4 Å². The summed E-state index contributed by atoms with van der Waals surface area (Å²) in [4.78, 5) is 12.1. The molecule has 0 spiro atoms. The smallest absolute Gasteiger partial charge is 0.251 e. The number of nitrogens with one attached hydrogen (secondary N) is 2. The Kier molecular flexibility index (Phi) is 3.87. The molecular weight excluding hydrogens is 228 g/mol. The van der Waals surface area contributed by atoms with E-state index in [0.717, 1.165) is 24.4 Å². The van der Waals surface area contributed by atoms with Gasteiger partial charge in [-0.05, 0) is 37.1 Å². The number of hydrogen-bond donors (Lipinski definition) is 2. The van der Waals surface area contributed by atoms with Crippen molar-refractivity contribution in [3.63, 3.8) is 0 Å². The molecule has 18 heavy (non-hydrogen) atoms. The Labute approximate surface area is 108 Å². The lowest BCUT2D eigenvalue weighted by molar-refractivity contribution is 0.0932. The van der Waals surface area contributed by atoms with Gasteiger partial charge in [0.05, 0.1) is 7.11 Å². The van der Waals surface area contributed by atoms with E-state index in [9.17, 15) is 4.79 Å². The topological polar surface area (TPSA) is 50.4 Å². The van der Waals surface area contributed by atoms with Gasteiger partial charge in [-0.3, -0.25) is 4.79 Å². The summed E-state index contributed by atoms with van der Waals surface area (Å²) in [6.45, 7) is 5.90. The second-order valence-corrected chi connectivity index (χ2v) is 4.90. The van der Waals surface area contributed by atoms with Crippen molar-refractivity contribution in [1.29, 1.82) is 0 Å². The highest BCUT2D eigenvalue weighted by Gasteiger charge is 2.24. The number of hydrogen-bond acceptors (Lipinski definition) is 3. The van der Waals surface area contributed by atoms with Crippen molar-refractivity contribution in [1.82, 2.24) is 10.6 Å². The second-order valence-electron chi connectivity index (χ2n) is 4.90. The third kappa shape index (κ3) is 2.64. The van der Waals surface area contributed by atoms with Crippen LogP contribution in [0.5, 0.6) is 5.75 Å². The maximum Gasteiger partial charge on any atom is 0.251 e. The predicted molar refractivity (Wildman–Crippen MR) is 71.0 cm³/mol. The molecule has 2 unspecified atom stereocenters. The molecule has 1 fully saturated rings. The molecule has 98 valence electrons. The van der Waals surface area contributed by atoms with E-state index in [1.165, 1.54) is 0 Å². The summed E-state index contributed by atoms with van der Waals surface area (Å²) < 4.78 is 5.23. The highest BCUT2D eigenvalue weighted by molar-refractivity contribution is 5.95. The lowest BCUT2D eigenvalue weighted by Crippen LogP contribution is -2.39. The fourth-order valence-electron chi connectivity index (χ4n) is 2.22. The fraction of sp³-hybridized carbons (Fsp3) is 0.500. The zero-order valence-corrected chi connectivity index (χ0v) is 11.1. The summed E-state index contributed by atoms with van der Waals surface area (Å²) in [7, 11) is 1.62. The van der Waals surface area contributed by atoms with Gasteiger partial charge in [-0.25, -0.2) is 0 Å². The summed E-state index contributed by atoms with van der Waals surface area (Å²) in [5.74, 6) is 1.19. The number of aryl methyl sites for hydroxylation is 1. The van der Waals surface area contributed by atoms with E-state index in [1.54, 1.807) is 13.2 Å². The molecule has 1 aromatic carbocycles. The van der Waals surface area contributed by atoms with Crippen LogP contribution in [-0.4, -0.2) is 32.1 Å². The molecule has 1 heterocycles. The van der Waals surface area contributed by atoms with Gasteiger partial charge in [0.15, 0.2) is 0 Å². The molecule has 0 bridgehead atoms. The van der Waals surface area contributed by atoms with Crippen LogP contribution in [0.4, 0.5) is 0 Å². The third-order valence-electron chi connectivity index (χ3n) is 3.50. The van der Waals surface area contributed by atoms with Crippen molar-refractivity contribution in [2.24, 2.45) is 5.92 Å². The van der Waals surface area contributed by atoms with Crippen LogP contribution in [0, 0.1) is 12.8 Å². The Morgan fingerprint density at radius 1 is 1.44 bits per heavy atom. The first-order valence-electron chi connectivity index (χ1n) is 6.28. The van der Waals surface area contributed by atoms with Crippen molar-refractivity contribution in [2.75, 3.05) is 20.2 Å². The Morgan fingerprint density at radius 2 is 2.22 bits per heavy atom. The Morgan fingerprint density at radius 3 is 2.83 bits per heavy atom. The number of amides is 1. The number of ether oxygens (including phenoxy) is 1. The number of rotatable bonds is 3. The van der Waals surface area contributed by atoms with Gasteiger partial charge in [-0.2, -0.15) is 0 Å². The Hall–Kier alpha value is -1.55. The van der Waals surface area contributed by atoms with E-state index in [1.807, 2.05) is 19.1 Å². The lowest BCUT2D eigenvalue weighted by Gasteiger charge is -2.16. The number of methoxy groups -OCH3 is 1. The predicted octanol–water partition coefficient (Wildman–Crippen LogP) is 1.34. The van der Waals surface area contributed by atoms with E-state index < -0.39 is 0 Å². The van der Waals surface area contributed by atoms with Gasteiger partial charge in [0.2, 0.25) is 0 Å². The molecule has 1 aliphatic rings. The SMILES string of the molecule is COc1cc(C(=O)NC2CNCC2C)ccc1C. The first-order valence-corrected chi connectivity index (χ1v) is 6.28. The molecule has 2 rings (SSSR count). The van der Waals surface area contributed by atoms with Gasteiger partial charge in [0.1, 0.15) is 5.75 Å². The van der Waals surface area contributed by atoms with E-state index in [-0.39, 0.29) is 11.9 Å². The van der Waals surface area contributed by atoms with Gasteiger partial charge < -0.3 is 15.4 Å². The molecule has 0 saturated carbocycles. The first kappa shape index (κ1) is 12.9. The molecule has 0 radical (unpaired) electrons.